The Bertz CT molecular complexity index is 612. The number of benzene rings is 2. The fourth-order valence-electron chi connectivity index (χ4n) is 1.57. The van der Waals surface area contributed by atoms with Gasteiger partial charge in [0.1, 0.15) is 5.82 Å². The molecule has 0 aromatic heterocycles. The van der Waals surface area contributed by atoms with Crippen molar-refractivity contribution in [3.05, 3.63) is 57.8 Å². The molecule has 2 rings (SSSR count). The highest BCUT2D eigenvalue weighted by Gasteiger charge is 2.09. The summed E-state index contributed by atoms with van der Waals surface area (Å²) in [6.07, 6.45) is 5.40. The van der Waals surface area contributed by atoms with Gasteiger partial charge in [-0.1, -0.05) is 35.2 Å². The summed E-state index contributed by atoms with van der Waals surface area (Å²) in [5.74, 6) is 2.16. The van der Waals surface area contributed by atoms with E-state index in [0.29, 0.717) is 26.7 Å². The summed E-state index contributed by atoms with van der Waals surface area (Å²) in [7, 11) is 0. The normalized spacial score (nSPS) is 10.0. The lowest BCUT2D eigenvalue weighted by atomic mass is 10.00. The molecule has 2 aromatic carbocycles. The molecule has 0 bridgehead atoms. The van der Waals surface area contributed by atoms with Crippen LogP contribution in [0, 0.1) is 18.2 Å². The van der Waals surface area contributed by atoms with Crippen LogP contribution in [0.15, 0.2) is 36.4 Å². The first kappa shape index (κ1) is 12.0. The van der Waals surface area contributed by atoms with Gasteiger partial charge in [-0.3, -0.25) is 0 Å². The average Bonchev–Trinajstić information content (AvgIpc) is 2.32. The zero-order valence-electron chi connectivity index (χ0n) is 8.68. The fourth-order valence-corrected chi connectivity index (χ4v) is 1.97. The Morgan fingerprint density at radius 2 is 1.76 bits per heavy atom. The summed E-state index contributed by atoms with van der Waals surface area (Å²) in [6, 6.07) is 9.24. The minimum Gasteiger partial charge on any atom is -0.207 e. The van der Waals surface area contributed by atoms with Crippen molar-refractivity contribution in [3.63, 3.8) is 0 Å². The molecule has 2 aromatic rings. The molecule has 0 unspecified atom stereocenters. The van der Waals surface area contributed by atoms with Gasteiger partial charge >= 0.3 is 0 Å². The van der Waals surface area contributed by atoms with Gasteiger partial charge in [0.25, 0.3) is 0 Å². The SMILES string of the molecule is C#Cc1cc(Cl)ccc1-c1cc(F)ccc1Cl. The van der Waals surface area contributed by atoms with Gasteiger partial charge in [0.2, 0.25) is 0 Å². The van der Waals surface area contributed by atoms with Crippen molar-refractivity contribution in [2.75, 3.05) is 0 Å². The number of hydrogen-bond donors (Lipinski definition) is 0. The van der Waals surface area contributed by atoms with E-state index < -0.39 is 0 Å². The second kappa shape index (κ2) is 4.79. The van der Waals surface area contributed by atoms with Crippen LogP contribution >= 0.6 is 23.2 Å². The van der Waals surface area contributed by atoms with E-state index in [4.69, 9.17) is 29.6 Å². The van der Waals surface area contributed by atoms with Crippen molar-refractivity contribution >= 4 is 23.2 Å². The molecular formula is C14H7Cl2F. The zero-order valence-corrected chi connectivity index (χ0v) is 10.2. The Morgan fingerprint density at radius 1 is 1.00 bits per heavy atom. The predicted molar refractivity (Wildman–Crippen MR) is 69.8 cm³/mol. The van der Waals surface area contributed by atoms with E-state index in [1.807, 2.05) is 0 Å². The molecule has 0 heterocycles. The molecule has 0 spiro atoms. The molecule has 0 aliphatic rings. The molecule has 0 amide bonds. The zero-order chi connectivity index (χ0) is 12.4. The fraction of sp³-hybridized carbons (Fsp3) is 0. The first-order valence-corrected chi connectivity index (χ1v) is 5.59. The molecule has 0 nitrogen and oxygen atoms in total. The molecule has 0 aliphatic carbocycles. The summed E-state index contributed by atoms with van der Waals surface area (Å²) in [5.41, 5.74) is 1.85. The summed E-state index contributed by atoms with van der Waals surface area (Å²) < 4.78 is 13.2. The maximum atomic E-state index is 13.2. The minimum atomic E-state index is -0.359. The van der Waals surface area contributed by atoms with Gasteiger partial charge in [-0.05, 0) is 35.9 Å². The van der Waals surface area contributed by atoms with Crippen LogP contribution < -0.4 is 0 Å². The van der Waals surface area contributed by atoms with E-state index in [2.05, 4.69) is 5.92 Å². The smallest absolute Gasteiger partial charge is 0.123 e. The van der Waals surface area contributed by atoms with Crippen LogP contribution in [0.3, 0.4) is 0 Å². The lowest BCUT2D eigenvalue weighted by Crippen LogP contribution is -1.87. The maximum absolute atomic E-state index is 13.2. The molecular weight excluding hydrogens is 258 g/mol. The molecule has 3 heteroatoms. The molecule has 0 N–H and O–H groups in total. The standard InChI is InChI=1S/C14H7Cl2F/c1-2-9-7-10(15)3-5-12(9)13-8-11(17)4-6-14(13)16/h1,3-8H. The van der Waals surface area contributed by atoms with Gasteiger partial charge < -0.3 is 0 Å². The van der Waals surface area contributed by atoms with E-state index in [9.17, 15) is 4.39 Å². The highest BCUT2D eigenvalue weighted by Crippen LogP contribution is 2.32. The minimum absolute atomic E-state index is 0.359. The number of hydrogen-bond acceptors (Lipinski definition) is 0. The lowest BCUT2D eigenvalue weighted by Gasteiger charge is -2.08. The number of rotatable bonds is 1. The highest BCUT2D eigenvalue weighted by atomic mass is 35.5. The van der Waals surface area contributed by atoms with Crippen molar-refractivity contribution in [1.82, 2.24) is 0 Å². The van der Waals surface area contributed by atoms with Crippen molar-refractivity contribution in [2.24, 2.45) is 0 Å². The first-order valence-electron chi connectivity index (χ1n) is 4.83. The monoisotopic (exact) mass is 264 g/mol. The van der Waals surface area contributed by atoms with Gasteiger partial charge in [-0.15, -0.1) is 6.42 Å². The molecule has 0 aliphatic heterocycles. The maximum Gasteiger partial charge on any atom is 0.123 e. The van der Waals surface area contributed by atoms with E-state index in [1.165, 1.54) is 18.2 Å². The van der Waals surface area contributed by atoms with Crippen molar-refractivity contribution < 1.29 is 4.39 Å². The second-order valence-corrected chi connectivity index (χ2v) is 4.30. The lowest BCUT2D eigenvalue weighted by molar-refractivity contribution is 0.628. The Kier molecular flexibility index (Phi) is 3.38. The Hall–Kier alpha value is -1.49. The largest absolute Gasteiger partial charge is 0.207 e. The summed E-state index contributed by atoms with van der Waals surface area (Å²) in [4.78, 5) is 0. The van der Waals surface area contributed by atoms with Crippen LogP contribution in [-0.4, -0.2) is 0 Å². The van der Waals surface area contributed by atoms with Crippen LogP contribution in [0.5, 0.6) is 0 Å². The van der Waals surface area contributed by atoms with Crippen molar-refractivity contribution in [2.45, 2.75) is 0 Å². The van der Waals surface area contributed by atoms with Gasteiger partial charge in [0.05, 0.1) is 0 Å². The third-order valence-electron chi connectivity index (χ3n) is 2.36. The Labute approximate surface area is 109 Å². The average molecular weight is 265 g/mol. The number of halogens is 3. The van der Waals surface area contributed by atoms with Gasteiger partial charge in [0.15, 0.2) is 0 Å². The van der Waals surface area contributed by atoms with E-state index >= 15 is 0 Å². The molecule has 0 saturated heterocycles. The first-order chi connectivity index (χ1) is 8.11. The Balaban J connectivity index is 2.69. The van der Waals surface area contributed by atoms with Gasteiger partial charge in [-0.2, -0.15) is 0 Å². The molecule has 0 saturated carbocycles. The molecule has 0 radical (unpaired) electrons. The quantitative estimate of drug-likeness (QED) is 0.651. The van der Waals surface area contributed by atoms with Gasteiger partial charge in [0, 0.05) is 21.2 Å². The van der Waals surface area contributed by atoms with Gasteiger partial charge in [-0.25, -0.2) is 4.39 Å². The third kappa shape index (κ3) is 2.44. The predicted octanol–water partition coefficient (Wildman–Crippen LogP) is 4.78. The Morgan fingerprint density at radius 3 is 2.47 bits per heavy atom. The van der Waals surface area contributed by atoms with Crippen molar-refractivity contribution in [3.8, 4) is 23.5 Å². The molecule has 0 atom stereocenters. The third-order valence-corrected chi connectivity index (χ3v) is 2.92. The topological polar surface area (TPSA) is 0 Å². The summed E-state index contributed by atoms with van der Waals surface area (Å²) >= 11 is 11.9. The molecule has 84 valence electrons. The van der Waals surface area contributed by atoms with Crippen LogP contribution in [0.1, 0.15) is 5.56 Å². The van der Waals surface area contributed by atoms with Crippen molar-refractivity contribution in [1.29, 1.82) is 0 Å². The molecule has 17 heavy (non-hydrogen) atoms. The van der Waals surface area contributed by atoms with E-state index in [-0.39, 0.29) is 5.82 Å². The highest BCUT2D eigenvalue weighted by molar-refractivity contribution is 6.33. The van der Waals surface area contributed by atoms with Crippen LogP contribution in [-0.2, 0) is 0 Å². The number of terminal acetylenes is 1. The van der Waals surface area contributed by atoms with Crippen LogP contribution in [0.4, 0.5) is 4.39 Å². The summed E-state index contributed by atoms with van der Waals surface area (Å²) in [5, 5.41) is 0.986. The van der Waals surface area contributed by atoms with Crippen LogP contribution in [0.2, 0.25) is 10.0 Å². The van der Waals surface area contributed by atoms with E-state index in [0.717, 1.165) is 0 Å². The van der Waals surface area contributed by atoms with Crippen LogP contribution in [0.25, 0.3) is 11.1 Å². The van der Waals surface area contributed by atoms with E-state index in [1.54, 1.807) is 18.2 Å². The second-order valence-electron chi connectivity index (χ2n) is 3.46. The summed E-state index contributed by atoms with van der Waals surface area (Å²) in [6.45, 7) is 0. The molecule has 0 fully saturated rings.